The van der Waals surface area contributed by atoms with Gasteiger partial charge in [-0.15, -0.1) is 0 Å². The Morgan fingerprint density at radius 1 is 1.04 bits per heavy atom. The number of pyridine rings is 2. The van der Waals surface area contributed by atoms with Gasteiger partial charge < -0.3 is 15.0 Å². The highest BCUT2D eigenvalue weighted by Gasteiger charge is 2.19. The van der Waals surface area contributed by atoms with Crippen LogP contribution in [0.15, 0.2) is 36.7 Å². The summed E-state index contributed by atoms with van der Waals surface area (Å²) in [7, 11) is 0. The molecule has 2 aromatic heterocycles. The molecule has 0 aliphatic rings. The van der Waals surface area contributed by atoms with Crippen LogP contribution in [0, 0.1) is 5.21 Å². The molecule has 0 aliphatic carbocycles. The first-order valence-corrected chi connectivity index (χ1v) is 7.64. The maximum atomic E-state index is 12.4. The molecule has 0 spiro atoms. The molecular formula is C17H19N3O4. The van der Waals surface area contributed by atoms with Crippen LogP contribution in [0.2, 0.25) is 0 Å². The lowest BCUT2D eigenvalue weighted by Gasteiger charge is -2.40. The van der Waals surface area contributed by atoms with Crippen molar-refractivity contribution in [1.29, 1.82) is 0 Å². The average Bonchev–Trinajstić information content (AvgIpc) is 2.61. The van der Waals surface area contributed by atoms with Crippen LogP contribution in [0.4, 0.5) is 0 Å². The highest BCUT2D eigenvalue weighted by atomic mass is 16.5. The van der Waals surface area contributed by atoms with E-state index in [4.69, 9.17) is 5.11 Å². The van der Waals surface area contributed by atoms with Crippen LogP contribution in [-0.4, -0.2) is 51.1 Å². The second kappa shape index (κ2) is 7.29. The van der Waals surface area contributed by atoms with Gasteiger partial charge in [-0.3, -0.25) is 14.8 Å². The minimum Gasteiger partial charge on any atom is -0.632 e. The molecule has 0 aliphatic heterocycles. The fraction of sp³-hybridized carbons (Fsp3) is 0.294. The predicted octanol–water partition coefficient (Wildman–Crippen LogP) is 2.38. The standard InChI is InChI=1S/C17H19N3O4/c1-3-20(24,4-2)11-16(21)12-5-7-18-14(9-12)15-10-13(17(22)23)6-8-19-15/h5-10H,3-4,11H2,1-2H3,(H,22,23). The van der Waals surface area contributed by atoms with Gasteiger partial charge in [0.05, 0.1) is 30.0 Å². The predicted molar refractivity (Wildman–Crippen MR) is 88.3 cm³/mol. The van der Waals surface area contributed by atoms with Crippen LogP contribution in [0.25, 0.3) is 11.4 Å². The Bertz CT molecular complexity index is 757. The molecule has 2 heterocycles. The summed E-state index contributed by atoms with van der Waals surface area (Å²) >= 11 is 0. The van der Waals surface area contributed by atoms with Crippen molar-refractivity contribution in [1.82, 2.24) is 9.97 Å². The Morgan fingerprint density at radius 2 is 1.54 bits per heavy atom. The van der Waals surface area contributed by atoms with Crippen LogP contribution in [0.1, 0.15) is 34.6 Å². The number of carbonyl (C=O) groups excluding carboxylic acids is 1. The first-order chi connectivity index (χ1) is 11.4. The number of ketones is 1. The summed E-state index contributed by atoms with van der Waals surface area (Å²) in [5, 5.41) is 21.4. The number of quaternary nitrogens is 1. The molecule has 1 N–H and O–H groups in total. The zero-order valence-corrected chi connectivity index (χ0v) is 13.6. The summed E-state index contributed by atoms with van der Waals surface area (Å²) in [5.74, 6) is -1.34. The van der Waals surface area contributed by atoms with Gasteiger partial charge in [-0.05, 0) is 38.1 Å². The second-order valence-electron chi connectivity index (χ2n) is 5.44. The molecule has 0 radical (unpaired) electrons. The molecule has 0 saturated carbocycles. The monoisotopic (exact) mass is 329 g/mol. The third-order valence-electron chi connectivity index (χ3n) is 3.94. The number of hydrogen-bond acceptors (Lipinski definition) is 5. The van der Waals surface area contributed by atoms with Crippen molar-refractivity contribution in [2.75, 3.05) is 19.6 Å². The SMILES string of the molecule is CC[N+]([O-])(CC)CC(=O)c1ccnc(-c2cc(C(=O)O)ccn2)c1. The normalized spacial score (nSPS) is 11.3. The molecule has 0 bridgehead atoms. The third kappa shape index (κ3) is 4.01. The first-order valence-electron chi connectivity index (χ1n) is 7.64. The van der Waals surface area contributed by atoms with Crippen LogP contribution in [0.5, 0.6) is 0 Å². The Morgan fingerprint density at radius 3 is 2.04 bits per heavy atom. The van der Waals surface area contributed by atoms with Crippen molar-refractivity contribution in [2.24, 2.45) is 0 Å². The molecule has 0 amide bonds. The molecule has 7 nitrogen and oxygen atoms in total. The average molecular weight is 329 g/mol. The van der Waals surface area contributed by atoms with Gasteiger partial charge in [-0.25, -0.2) is 4.79 Å². The summed E-state index contributed by atoms with van der Waals surface area (Å²) in [4.78, 5) is 31.7. The number of Topliss-reactive ketones (excluding diaryl/α,β-unsaturated/α-hetero) is 1. The van der Waals surface area contributed by atoms with Crippen LogP contribution >= 0.6 is 0 Å². The van der Waals surface area contributed by atoms with E-state index in [-0.39, 0.29) is 17.9 Å². The number of carboxylic acid groups (broad SMARTS) is 1. The van der Waals surface area contributed by atoms with E-state index in [0.717, 1.165) is 0 Å². The number of likely N-dealkylation sites (N-methyl/N-ethyl adjacent to an activating group) is 1. The lowest BCUT2D eigenvalue weighted by Crippen LogP contribution is -2.45. The number of aromatic nitrogens is 2. The second-order valence-corrected chi connectivity index (χ2v) is 5.44. The van der Waals surface area contributed by atoms with Gasteiger partial charge in [-0.2, -0.15) is 0 Å². The van der Waals surface area contributed by atoms with E-state index in [1.807, 2.05) is 0 Å². The molecule has 2 rings (SSSR count). The number of hydrogen-bond donors (Lipinski definition) is 1. The van der Waals surface area contributed by atoms with Gasteiger partial charge >= 0.3 is 5.97 Å². The zero-order chi connectivity index (χ0) is 17.7. The number of aromatic carboxylic acids is 1. The Balaban J connectivity index is 2.31. The Labute approximate surface area is 139 Å². The molecule has 24 heavy (non-hydrogen) atoms. The third-order valence-corrected chi connectivity index (χ3v) is 3.94. The van der Waals surface area contributed by atoms with E-state index in [1.54, 1.807) is 19.9 Å². The van der Waals surface area contributed by atoms with Crippen molar-refractivity contribution in [3.05, 3.63) is 53.0 Å². The molecular weight excluding hydrogens is 310 g/mol. The fourth-order valence-electron chi connectivity index (χ4n) is 2.25. The first kappa shape index (κ1) is 17.7. The van der Waals surface area contributed by atoms with Crippen molar-refractivity contribution >= 4 is 11.8 Å². The fourth-order valence-corrected chi connectivity index (χ4v) is 2.25. The maximum absolute atomic E-state index is 12.4. The van der Waals surface area contributed by atoms with Gasteiger partial charge in [0.15, 0.2) is 0 Å². The van der Waals surface area contributed by atoms with Gasteiger partial charge in [0, 0.05) is 18.0 Å². The molecule has 0 fully saturated rings. The number of carboxylic acids is 1. The molecule has 0 unspecified atom stereocenters. The minimum absolute atomic E-state index is 0.0886. The quantitative estimate of drug-likeness (QED) is 0.475. The van der Waals surface area contributed by atoms with E-state index in [9.17, 15) is 14.8 Å². The molecule has 0 aromatic carbocycles. The van der Waals surface area contributed by atoms with Crippen LogP contribution in [0.3, 0.4) is 0 Å². The molecule has 126 valence electrons. The summed E-state index contributed by atoms with van der Waals surface area (Å²) in [6.45, 7) is 4.01. The zero-order valence-electron chi connectivity index (χ0n) is 13.6. The van der Waals surface area contributed by atoms with E-state index in [1.165, 1.54) is 30.6 Å². The Kier molecular flexibility index (Phi) is 5.38. The lowest BCUT2D eigenvalue weighted by molar-refractivity contribution is -0.868. The number of carbonyl (C=O) groups is 2. The van der Waals surface area contributed by atoms with E-state index >= 15 is 0 Å². The maximum Gasteiger partial charge on any atom is 0.335 e. The highest BCUT2D eigenvalue weighted by molar-refractivity contribution is 5.97. The number of nitrogens with zero attached hydrogens (tertiary/aromatic N) is 3. The van der Waals surface area contributed by atoms with E-state index in [2.05, 4.69) is 9.97 Å². The molecule has 0 atom stereocenters. The van der Waals surface area contributed by atoms with Crippen molar-refractivity contribution < 1.29 is 19.3 Å². The van der Waals surface area contributed by atoms with Gasteiger partial charge in [0.2, 0.25) is 5.78 Å². The molecule has 0 saturated heterocycles. The van der Waals surface area contributed by atoms with Crippen LogP contribution in [-0.2, 0) is 0 Å². The van der Waals surface area contributed by atoms with E-state index < -0.39 is 10.6 Å². The summed E-state index contributed by atoms with van der Waals surface area (Å²) in [6.07, 6.45) is 2.83. The van der Waals surface area contributed by atoms with Gasteiger partial charge in [-0.1, -0.05) is 0 Å². The van der Waals surface area contributed by atoms with Crippen molar-refractivity contribution in [3.63, 3.8) is 0 Å². The smallest absolute Gasteiger partial charge is 0.335 e. The minimum atomic E-state index is -1.06. The largest absolute Gasteiger partial charge is 0.632 e. The van der Waals surface area contributed by atoms with Gasteiger partial charge in [0.25, 0.3) is 0 Å². The van der Waals surface area contributed by atoms with Crippen molar-refractivity contribution in [3.8, 4) is 11.4 Å². The molecule has 2 aromatic rings. The Hall–Kier alpha value is -2.64. The number of hydroxylamine groups is 3. The van der Waals surface area contributed by atoms with Crippen LogP contribution < -0.4 is 0 Å². The summed E-state index contributed by atoms with van der Waals surface area (Å²) < 4.78 is -0.580. The topological polar surface area (TPSA) is 103 Å². The van der Waals surface area contributed by atoms with E-state index in [0.29, 0.717) is 30.0 Å². The van der Waals surface area contributed by atoms with Crippen molar-refractivity contribution in [2.45, 2.75) is 13.8 Å². The summed E-state index contributed by atoms with van der Waals surface area (Å²) in [5.41, 5.74) is 1.20. The highest BCUT2D eigenvalue weighted by Crippen LogP contribution is 2.18. The van der Waals surface area contributed by atoms with Gasteiger partial charge in [0.1, 0.15) is 6.54 Å². The lowest BCUT2D eigenvalue weighted by atomic mass is 10.1. The summed E-state index contributed by atoms with van der Waals surface area (Å²) in [6, 6.07) is 5.85. The molecule has 7 heteroatoms. The number of rotatable bonds is 7.